The zero-order valence-corrected chi connectivity index (χ0v) is 16.9. The number of rotatable bonds is 6. The third kappa shape index (κ3) is 5.59. The highest BCUT2D eigenvalue weighted by atomic mass is 35.5. The van der Waals surface area contributed by atoms with E-state index in [-0.39, 0.29) is 11.8 Å². The summed E-state index contributed by atoms with van der Waals surface area (Å²) in [4.78, 5) is 23.7. The van der Waals surface area contributed by atoms with E-state index in [0.717, 1.165) is 11.1 Å². The average molecular weight is 409 g/mol. The van der Waals surface area contributed by atoms with Crippen molar-refractivity contribution in [1.29, 1.82) is 0 Å². The molecule has 0 spiro atoms. The maximum atomic E-state index is 12.4. The third-order valence-electron chi connectivity index (χ3n) is 4.22. The van der Waals surface area contributed by atoms with Crippen LogP contribution in [0.15, 0.2) is 66.7 Å². The predicted octanol–water partition coefficient (Wildman–Crippen LogP) is 5.44. The number of hydrogen-bond donors (Lipinski definition) is 2. The SMILES string of the molecule is CC(=O)Nc1ccccc1OCc1ccc(C(=O)Nc2ccc(Cl)c(C)c2)cc1. The fourth-order valence-electron chi connectivity index (χ4n) is 2.72. The first-order valence-corrected chi connectivity index (χ1v) is 9.46. The van der Waals surface area contributed by atoms with Crippen molar-refractivity contribution < 1.29 is 14.3 Å². The van der Waals surface area contributed by atoms with Crippen molar-refractivity contribution in [3.8, 4) is 5.75 Å². The summed E-state index contributed by atoms with van der Waals surface area (Å²) < 4.78 is 5.82. The minimum absolute atomic E-state index is 0.160. The Bertz CT molecular complexity index is 1030. The normalized spacial score (nSPS) is 10.3. The molecule has 0 aromatic heterocycles. The van der Waals surface area contributed by atoms with Gasteiger partial charge in [-0.05, 0) is 60.5 Å². The first-order valence-electron chi connectivity index (χ1n) is 9.08. The van der Waals surface area contributed by atoms with E-state index in [0.29, 0.717) is 34.3 Å². The summed E-state index contributed by atoms with van der Waals surface area (Å²) in [5.41, 5.74) is 3.66. The van der Waals surface area contributed by atoms with Gasteiger partial charge in [0.1, 0.15) is 12.4 Å². The molecule has 0 saturated carbocycles. The number of nitrogens with one attached hydrogen (secondary N) is 2. The van der Waals surface area contributed by atoms with E-state index in [2.05, 4.69) is 10.6 Å². The lowest BCUT2D eigenvalue weighted by atomic mass is 10.1. The molecule has 148 valence electrons. The maximum Gasteiger partial charge on any atom is 0.255 e. The van der Waals surface area contributed by atoms with Crippen LogP contribution in [0.2, 0.25) is 5.02 Å². The summed E-state index contributed by atoms with van der Waals surface area (Å²) in [6.45, 7) is 3.65. The minimum Gasteiger partial charge on any atom is -0.487 e. The maximum absolute atomic E-state index is 12.4. The van der Waals surface area contributed by atoms with Crippen LogP contribution in [0.1, 0.15) is 28.4 Å². The van der Waals surface area contributed by atoms with Gasteiger partial charge in [-0.3, -0.25) is 9.59 Å². The summed E-state index contributed by atoms with van der Waals surface area (Å²) >= 11 is 6.01. The molecule has 0 fully saturated rings. The average Bonchev–Trinajstić information content (AvgIpc) is 2.70. The van der Waals surface area contributed by atoms with Crippen LogP contribution in [0, 0.1) is 6.92 Å². The molecule has 0 aliphatic carbocycles. The van der Waals surface area contributed by atoms with Gasteiger partial charge >= 0.3 is 0 Å². The van der Waals surface area contributed by atoms with Crippen LogP contribution in [0.25, 0.3) is 0 Å². The highest BCUT2D eigenvalue weighted by Crippen LogP contribution is 2.25. The van der Waals surface area contributed by atoms with Crippen molar-refractivity contribution in [3.63, 3.8) is 0 Å². The van der Waals surface area contributed by atoms with E-state index in [9.17, 15) is 9.59 Å². The Kier molecular flexibility index (Phi) is 6.52. The van der Waals surface area contributed by atoms with Crippen LogP contribution in [0.3, 0.4) is 0 Å². The molecule has 3 aromatic rings. The lowest BCUT2D eigenvalue weighted by molar-refractivity contribution is -0.114. The third-order valence-corrected chi connectivity index (χ3v) is 4.65. The molecule has 5 nitrogen and oxygen atoms in total. The molecule has 0 heterocycles. The van der Waals surface area contributed by atoms with Gasteiger partial charge in [-0.2, -0.15) is 0 Å². The smallest absolute Gasteiger partial charge is 0.255 e. The van der Waals surface area contributed by atoms with E-state index in [1.807, 2.05) is 37.3 Å². The van der Waals surface area contributed by atoms with Crippen molar-refractivity contribution in [2.75, 3.05) is 10.6 Å². The Morgan fingerprint density at radius 3 is 2.38 bits per heavy atom. The number of benzene rings is 3. The molecule has 0 atom stereocenters. The summed E-state index contributed by atoms with van der Waals surface area (Å²) in [5.74, 6) is 0.227. The van der Waals surface area contributed by atoms with E-state index >= 15 is 0 Å². The van der Waals surface area contributed by atoms with Gasteiger partial charge in [0.15, 0.2) is 0 Å². The summed E-state index contributed by atoms with van der Waals surface area (Å²) in [5, 5.41) is 6.26. The molecule has 0 aliphatic rings. The number of anilines is 2. The highest BCUT2D eigenvalue weighted by Gasteiger charge is 2.08. The van der Waals surface area contributed by atoms with E-state index in [1.54, 1.807) is 36.4 Å². The largest absolute Gasteiger partial charge is 0.487 e. The summed E-state index contributed by atoms with van der Waals surface area (Å²) in [7, 11) is 0. The molecule has 0 saturated heterocycles. The Morgan fingerprint density at radius 2 is 1.69 bits per heavy atom. The number of halogens is 1. The second-order valence-electron chi connectivity index (χ2n) is 6.58. The number of hydrogen-bond acceptors (Lipinski definition) is 3. The van der Waals surface area contributed by atoms with Crippen molar-refractivity contribution in [2.24, 2.45) is 0 Å². The fourth-order valence-corrected chi connectivity index (χ4v) is 2.84. The molecular weight excluding hydrogens is 388 g/mol. The summed E-state index contributed by atoms with van der Waals surface area (Å²) in [6.07, 6.45) is 0. The molecule has 3 rings (SSSR count). The standard InChI is InChI=1S/C23H21ClN2O3/c1-15-13-19(11-12-20(15)24)26-23(28)18-9-7-17(8-10-18)14-29-22-6-4-3-5-21(22)25-16(2)27/h3-13H,14H2,1-2H3,(H,25,27)(H,26,28). The minimum atomic E-state index is -0.199. The van der Waals surface area contributed by atoms with Crippen molar-refractivity contribution in [1.82, 2.24) is 0 Å². The highest BCUT2D eigenvalue weighted by molar-refractivity contribution is 6.31. The zero-order chi connectivity index (χ0) is 20.8. The topological polar surface area (TPSA) is 67.4 Å². The Labute approximate surface area is 174 Å². The monoisotopic (exact) mass is 408 g/mol. The molecular formula is C23H21ClN2O3. The first kappa shape index (κ1) is 20.4. The van der Waals surface area contributed by atoms with E-state index < -0.39 is 0 Å². The van der Waals surface area contributed by atoms with Crippen molar-refractivity contribution >= 4 is 34.8 Å². The predicted molar refractivity (Wildman–Crippen MR) is 116 cm³/mol. The Hall–Kier alpha value is -3.31. The number of amides is 2. The van der Waals surface area contributed by atoms with Crippen molar-refractivity contribution in [3.05, 3.63) is 88.4 Å². The lowest BCUT2D eigenvalue weighted by Crippen LogP contribution is -2.12. The van der Waals surface area contributed by atoms with Gasteiger partial charge in [-0.25, -0.2) is 0 Å². The molecule has 3 aromatic carbocycles. The van der Waals surface area contributed by atoms with Gasteiger partial charge < -0.3 is 15.4 Å². The fraction of sp³-hybridized carbons (Fsp3) is 0.130. The number of carbonyl (C=O) groups is 2. The van der Waals surface area contributed by atoms with Gasteiger partial charge in [0.05, 0.1) is 5.69 Å². The van der Waals surface area contributed by atoms with Crippen LogP contribution < -0.4 is 15.4 Å². The van der Waals surface area contributed by atoms with Crippen molar-refractivity contribution in [2.45, 2.75) is 20.5 Å². The van der Waals surface area contributed by atoms with E-state index in [4.69, 9.17) is 16.3 Å². The molecule has 0 bridgehead atoms. The van der Waals surface area contributed by atoms with Crippen LogP contribution in [0.4, 0.5) is 11.4 Å². The molecule has 0 radical (unpaired) electrons. The second kappa shape index (κ2) is 9.26. The van der Waals surface area contributed by atoms with E-state index in [1.165, 1.54) is 6.92 Å². The van der Waals surface area contributed by atoms with Gasteiger partial charge in [0.25, 0.3) is 5.91 Å². The lowest BCUT2D eigenvalue weighted by Gasteiger charge is -2.12. The first-order chi connectivity index (χ1) is 13.9. The molecule has 0 unspecified atom stereocenters. The Morgan fingerprint density at radius 1 is 0.966 bits per heavy atom. The number of carbonyl (C=O) groups excluding carboxylic acids is 2. The quantitative estimate of drug-likeness (QED) is 0.570. The number of ether oxygens (including phenoxy) is 1. The number of aryl methyl sites for hydroxylation is 1. The van der Waals surface area contributed by atoms with Gasteiger partial charge in [0.2, 0.25) is 5.91 Å². The van der Waals surface area contributed by atoms with Crippen LogP contribution in [0.5, 0.6) is 5.75 Å². The molecule has 6 heteroatoms. The molecule has 0 aliphatic heterocycles. The second-order valence-corrected chi connectivity index (χ2v) is 6.99. The molecule has 29 heavy (non-hydrogen) atoms. The molecule has 2 N–H and O–H groups in total. The van der Waals surface area contributed by atoms with Crippen LogP contribution in [-0.4, -0.2) is 11.8 Å². The summed E-state index contributed by atoms with van der Waals surface area (Å²) in [6, 6.07) is 19.8. The molecule has 2 amide bonds. The zero-order valence-electron chi connectivity index (χ0n) is 16.2. The van der Waals surface area contributed by atoms with Gasteiger partial charge in [-0.15, -0.1) is 0 Å². The van der Waals surface area contributed by atoms with Crippen LogP contribution >= 0.6 is 11.6 Å². The Balaban J connectivity index is 1.62. The van der Waals surface area contributed by atoms with Crippen LogP contribution in [-0.2, 0) is 11.4 Å². The van der Waals surface area contributed by atoms with Gasteiger partial charge in [0, 0.05) is 23.2 Å². The number of para-hydroxylation sites is 2. The van der Waals surface area contributed by atoms with Gasteiger partial charge in [-0.1, -0.05) is 35.9 Å².